The van der Waals surface area contributed by atoms with Crippen LogP contribution in [0.15, 0.2) is 12.4 Å². The molecule has 2 atom stereocenters. The van der Waals surface area contributed by atoms with E-state index in [9.17, 15) is 17.6 Å². The second-order valence-corrected chi connectivity index (χ2v) is 6.82. The predicted octanol–water partition coefficient (Wildman–Crippen LogP) is 2.76. The van der Waals surface area contributed by atoms with Crippen LogP contribution in [0.25, 0.3) is 0 Å². The zero-order chi connectivity index (χ0) is 19.3. The van der Waals surface area contributed by atoms with E-state index in [1.54, 1.807) is 0 Å². The van der Waals surface area contributed by atoms with Gasteiger partial charge in [-0.15, -0.1) is 0 Å². The third-order valence-electron chi connectivity index (χ3n) is 5.05. The minimum atomic E-state index is -4.52. The molecule has 144 valence electrons. The highest BCUT2D eigenvalue weighted by Gasteiger charge is 2.47. The van der Waals surface area contributed by atoms with Gasteiger partial charge >= 0.3 is 6.18 Å². The fourth-order valence-electron chi connectivity index (χ4n) is 3.85. The molecule has 0 spiro atoms. The van der Waals surface area contributed by atoms with E-state index in [1.165, 1.54) is 13.3 Å². The number of piperidine rings is 1. The second-order valence-electron chi connectivity index (χ2n) is 6.82. The molecule has 5 rings (SSSR count). The van der Waals surface area contributed by atoms with Gasteiger partial charge in [-0.2, -0.15) is 13.2 Å². The van der Waals surface area contributed by atoms with Crippen molar-refractivity contribution in [1.29, 1.82) is 0 Å². The first-order valence-corrected chi connectivity index (χ1v) is 8.73. The summed E-state index contributed by atoms with van der Waals surface area (Å²) in [5.74, 6) is 0.181. The maximum Gasteiger partial charge on any atom is 0.433 e. The van der Waals surface area contributed by atoms with E-state index in [2.05, 4.69) is 19.9 Å². The van der Waals surface area contributed by atoms with Crippen LogP contribution in [0.4, 0.5) is 29.2 Å². The molecule has 5 heterocycles. The van der Waals surface area contributed by atoms with Gasteiger partial charge in [-0.3, -0.25) is 0 Å². The zero-order valence-electron chi connectivity index (χ0n) is 14.8. The smallest absolute Gasteiger partial charge is 0.350 e. The van der Waals surface area contributed by atoms with Crippen LogP contribution < -0.4 is 9.80 Å². The van der Waals surface area contributed by atoms with E-state index >= 15 is 0 Å². The number of aromatic nitrogens is 4. The van der Waals surface area contributed by atoms with Crippen LogP contribution in [0.1, 0.15) is 30.6 Å². The van der Waals surface area contributed by atoms with Crippen LogP contribution in [-0.2, 0) is 12.6 Å². The first-order chi connectivity index (χ1) is 12.8. The van der Waals surface area contributed by atoms with Crippen molar-refractivity contribution in [2.75, 3.05) is 22.9 Å². The lowest BCUT2D eigenvalue weighted by Crippen LogP contribution is -2.69. The minimum absolute atomic E-state index is 0.0430. The lowest BCUT2D eigenvalue weighted by atomic mass is 9.87. The number of fused-ring (bicyclic) bond motifs is 2. The molecule has 3 saturated heterocycles. The summed E-state index contributed by atoms with van der Waals surface area (Å²) >= 11 is 0. The number of hydrogen-bond acceptors (Lipinski definition) is 6. The summed E-state index contributed by atoms with van der Waals surface area (Å²) in [4.78, 5) is 19.4. The third-order valence-corrected chi connectivity index (χ3v) is 5.05. The molecule has 0 N–H and O–H groups in total. The number of nitrogens with zero attached hydrogens (tertiary/aromatic N) is 6. The molecule has 3 aliphatic heterocycles. The molecule has 3 aliphatic rings. The molecule has 0 aromatic carbocycles. The van der Waals surface area contributed by atoms with E-state index in [4.69, 9.17) is 0 Å². The van der Waals surface area contributed by atoms with Crippen molar-refractivity contribution in [3.05, 3.63) is 35.4 Å². The van der Waals surface area contributed by atoms with Crippen LogP contribution in [0.3, 0.4) is 0 Å². The van der Waals surface area contributed by atoms with Crippen LogP contribution >= 0.6 is 0 Å². The molecule has 0 saturated carbocycles. The summed E-state index contributed by atoms with van der Waals surface area (Å²) in [5, 5.41) is 0. The highest BCUT2D eigenvalue weighted by atomic mass is 19.4. The average molecular weight is 382 g/mol. The normalized spacial score (nSPS) is 22.0. The maximum atomic E-state index is 14.5. The molecular weight excluding hydrogens is 364 g/mol. The highest BCUT2D eigenvalue weighted by Crippen LogP contribution is 2.39. The molecule has 2 bridgehead atoms. The van der Waals surface area contributed by atoms with Gasteiger partial charge < -0.3 is 9.80 Å². The molecule has 6 nitrogen and oxygen atoms in total. The van der Waals surface area contributed by atoms with Crippen molar-refractivity contribution in [3.63, 3.8) is 0 Å². The van der Waals surface area contributed by atoms with E-state index < -0.39 is 17.7 Å². The Labute approximate surface area is 153 Å². The average Bonchev–Trinajstić information content (AvgIpc) is 2.60. The first kappa shape index (κ1) is 17.9. The Hall–Kier alpha value is -2.52. The van der Waals surface area contributed by atoms with Crippen molar-refractivity contribution < 1.29 is 17.6 Å². The summed E-state index contributed by atoms with van der Waals surface area (Å²) in [6, 6.07) is 0.902. The van der Waals surface area contributed by atoms with Gasteiger partial charge in [0.1, 0.15) is 23.7 Å². The van der Waals surface area contributed by atoms with Gasteiger partial charge in [0, 0.05) is 19.2 Å². The number of halogens is 4. The highest BCUT2D eigenvalue weighted by molar-refractivity contribution is 5.53. The largest absolute Gasteiger partial charge is 0.433 e. The van der Waals surface area contributed by atoms with Crippen molar-refractivity contribution in [2.45, 2.75) is 44.9 Å². The molecule has 2 aromatic rings. The van der Waals surface area contributed by atoms with E-state index in [0.717, 1.165) is 12.5 Å². The number of aryl methyl sites for hydroxylation is 2. The topological polar surface area (TPSA) is 58.0 Å². The Morgan fingerprint density at radius 1 is 1.15 bits per heavy atom. The Morgan fingerprint density at radius 2 is 1.85 bits per heavy atom. The molecule has 2 unspecified atom stereocenters. The Balaban J connectivity index is 1.58. The lowest BCUT2D eigenvalue weighted by Gasteiger charge is -2.57. The molecule has 0 aliphatic carbocycles. The van der Waals surface area contributed by atoms with Crippen molar-refractivity contribution in [2.24, 2.45) is 0 Å². The Bertz CT molecular complexity index is 859. The number of alkyl halides is 3. The Morgan fingerprint density at radius 3 is 2.48 bits per heavy atom. The number of piperazine rings is 1. The molecule has 2 aromatic heterocycles. The fraction of sp³-hybridized carbons (Fsp3) is 0.529. The molecule has 0 radical (unpaired) electrons. The lowest BCUT2D eigenvalue weighted by molar-refractivity contribution is -0.141. The third kappa shape index (κ3) is 3.06. The van der Waals surface area contributed by atoms with Gasteiger partial charge in [-0.1, -0.05) is 6.92 Å². The fourth-order valence-corrected chi connectivity index (χ4v) is 3.85. The van der Waals surface area contributed by atoms with Gasteiger partial charge in [-0.05, 0) is 19.8 Å². The van der Waals surface area contributed by atoms with Crippen LogP contribution in [0.5, 0.6) is 0 Å². The summed E-state index contributed by atoms with van der Waals surface area (Å²) in [7, 11) is 0. The molecule has 0 amide bonds. The maximum absolute atomic E-state index is 14.5. The predicted molar refractivity (Wildman–Crippen MR) is 90.0 cm³/mol. The summed E-state index contributed by atoms with van der Waals surface area (Å²) in [6.45, 7) is 4.21. The quantitative estimate of drug-likeness (QED) is 0.761. The van der Waals surface area contributed by atoms with E-state index in [0.29, 0.717) is 25.2 Å². The molecule has 27 heavy (non-hydrogen) atoms. The van der Waals surface area contributed by atoms with E-state index in [-0.39, 0.29) is 29.5 Å². The van der Waals surface area contributed by atoms with Gasteiger partial charge in [0.05, 0.1) is 17.8 Å². The van der Waals surface area contributed by atoms with Crippen molar-refractivity contribution >= 4 is 11.6 Å². The van der Waals surface area contributed by atoms with Gasteiger partial charge in [-0.25, -0.2) is 24.3 Å². The SMILES string of the molecule is CCc1ncnc(N2CC3CC(C2)N3c2cc(C(F)(F)F)nc(C)n2)c1F. The van der Waals surface area contributed by atoms with Gasteiger partial charge in [0.2, 0.25) is 0 Å². The monoisotopic (exact) mass is 382 g/mol. The minimum Gasteiger partial charge on any atom is -0.350 e. The van der Waals surface area contributed by atoms with Gasteiger partial charge in [0.25, 0.3) is 0 Å². The van der Waals surface area contributed by atoms with Crippen LogP contribution in [0, 0.1) is 12.7 Å². The van der Waals surface area contributed by atoms with Crippen molar-refractivity contribution in [1.82, 2.24) is 19.9 Å². The first-order valence-electron chi connectivity index (χ1n) is 8.73. The van der Waals surface area contributed by atoms with Gasteiger partial charge in [0.15, 0.2) is 11.6 Å². The van der Waals surface area contributed by atoms with Crippen LogP contribution in [0.2, 0.25) is 0 Å². The number of rotatable bonds is 3. The second kappa shape index (κ2) is 6.28. The van der Waals surface area contributed by atoms with E-state index in [1.807, 2.05) is 16.7 Å². The zero-order valence-corrected chi connectivity index (χ0v) is 14.8. The number of anilines is 2. The van der Waals surface area contributed by atoms with Crippen LogP contribution in [-0.4, -0.2) is 45.1 Å². The standard InChI is InChI=1S/C17H18F4N6/c1-3-12-15(18)16(23-8-22-12)26-6-10-4-11(7-26)27(10)14-5-13(17(19,20)21)24-9(2)25-14/h5,8,10-11H,3-4,6-7H2,1-2H3. The summed E-state index contributed by atoms with van der Waals surface area (Å²) in [6.07, 6.45) is -1.88. The summed E-state index contributed by atoms with van der Waals surface area (Å²) in [5.41, 5.74) is -0.585. The molecular formula is C17H18F4N6. The summed E-state index contributed by atoms with van der Waals surface area (Å²) < 4.78 is 53.7. The van der Waals surface area contributed by atoms with Crippen molar-refractivity contribution in [3.8, 4) is 0 Å². The molecule has 3 fully saturated rings. The number of hydrogen-bond donors (Lipinski definition) is 0. The molecule has 10 heteroatoms. The Kier molecular flexibility index (Phi) is 4.15.